The van der Waals surface area contributed by atoms with Crippen LogP contribution in [-0.2, 0) is 11.3 Å². The predicted molar refractivity (Wildman–Crippen MR) is 159 cm³/mol. The molecule has 1 N–H and O–H groups in total. The van der Waals surface area contributed by atoms with E-state index in [1.807, 2.05) is 13.1 Å². The molecule has 2 saturated heterocycles. The van der Waals surface area contributed by atoms with Crippen LogP contribution in [0.1, 0.15) is 67.3 Å². The van der Waals surface area contributed by atoms with E-state index in [-0.39, 0.29) is 5.92 Å². The zero-order valence-electron chi connectivity index (χ0n) is 23.5. The van der Waals surface area contributed by atoms with Gasteiger partial charge in [0.25, 0.3) is 0 Å². The van der Waals surface area contributed by atoms with Crippen LogP contribution in [0.5, 0.6) is 0 Å². The Labute approximate surface area is 232 Å². The zero-order valence-corrected chi connectivity index (χ0v) is 23.5. The van der Waals surface area contributed by atoms with E-state index >= 15 is 0 Å². The first-order chi connectivity index (χ1) is 19.0. The van der Waals surface area contributed by atoms with Gasteiger partial charge in [0.15, 0.2) is 0 Å². The predicted octanol–water partition coefficient (Wildman–Crippen LogP) is 6.89. The minimum Gasteiger partial charge on any atom is -0.354 e. The Kier molecular flexibility index (Phi) is 7.26. The average Bonchev–Trinajstić information content (AvgIpc) is 3.58. The molecule has 39 heavy (non-hydrogen) atoms. The van der Waals surface area contributed by atoms with E-state index in [9.17, 15) is 4.79 Å². The minimum atomic E-state index is 0.144. The Balaban J connectivity index is 1.12. The molecule has 6 rings (SSSR count). The number of likely N-dealkylation sites (tertiary alicyclic amines) is 2. The summed E-state index contributed by atoms with van der Waals surface area (Å²) in [7, 11) is 0. The van der Waals surface area contributed by atoms with Crippen LogP contribution in [0.3, 0.4) is 0 Å². The van der Waals surface area contributed by atoms with Gasteiger partial charge < -0.3 is 9.88 Å². The highest BCUT2D eigenvalue weighted by Gasteiger charge is 2.33. The van der Waals surface area contributed by atoms with Gasteiger partial charge in [-0.1, -0.05) is 50.2 Å². The van der Waals surface area contributed by atoms with E-state index in [4.69, 9.17) is 0 Å². The monoisotopic (exact) mass is 520 g/mol. The number of piperidine rings is 1. The van der Waals surface area contributed by atoms with Crippen molar-refractivity contribution < 1.29 is 4.79 Å². The Bertz CT molecular complexity index is 1450. The summed E-state index contributed by atoms with van der Waals surface area (Å²) in [4.78, 5) is 26.1. The fraction of sp³-hybridized carbons (Fsp3) is 0.412. The average molecular weight is 521 g/mol. The minimum absolute atomic E-state index is 0.144. The Morgan fingerprint density at radius 2 is 1.79 bits per heavy atom. The third kappa shape index (κ3) is 5.38. The van der Waals surface area contributed by atoms with Gasteiger partial charge in [-0.2, -0.15) is 0 Å². The highest BCUT2D eigenvalue weighted by atomic mass is 16.2. The van der Waals surface area contributed by atoms with Gasteiger partial charge in [0.2, 0.25) is 5.91 Å². The molecule has 4 heterocycles. The number of pyridine rings is 1. The standard InChI is InChI=1S/C34H40N4O/c1-23(2)32-30-20-27(9-10-31(30)36-33(32)28-11-15-35-24(3)19-28)26-13-17-38(18-14-26)34(39)29-12-16-37(22-29)21-25-7-5-4-6-8-25/h4-11,15,19-20,23,26,29,36H,12-14,16-18,21-22H2,1-3H3. The van der Waals surface area contributed by atoms with Crippen molar-refractivity contribution in [1.82, 2.24) is 19.8 Å². The van der Waals surface area contributed by atoms with E-state index < -0.39 is 0 Å². The van der Waals surface area contributed by atoms with Crippen LogP contribution in [0.15, 0.2) is 66.9 Å². The molecule has 1 amide bonds. The van der Waals surface area contributed by atoms with Crippen molar-refractivity contribution >= 4 is 16.8 Å². The number of amides is 1. The molecule has 0 radical (unpaired) electrons. The summed E-state index contributed by atoms with van der Waals surface area (Å²) >= 11 is 0. The first kappa shape index (κ1) is 25.8. The highest BCUT2D eigenvalue weighted by molar-refractivity contribution is 5.92. The zero-order chi connectivity index (χ0) is 26.9. The van der Waals surface area contributed by atoms with Gasteiger partial charge in [0, 0.05) is 54.5 Å². The lowest BCUT2D eigenvalue weighted by Crippen LogP contribution is -2.42. The second-order valence-electron chi connectivity index (χ2n) is 11.9. The highest BCUT2D eigenvalue weighted by Crippen LogP contribution is 2.38. The third-order valence-electron chi connectivity index (χ3n) is 8.77. The molecular weight excluding hydrogens is 480 g/mol. The number of hydrogen-bond acceptors (Lipinski definition) is 3. The maximum atomic E-state index is 13.4. The molecule has 2 aliphatic rings. The van der Waals surface area contributed by atoms with Crippen molar-refractivity contribution in [2.24, 2.45) is 5.92 Å². The SMILES string of the molecule is Cc1cc(-c2[nH]c3ccc(C4CCN(C(=O)C5CCN(Cc6ccccc6)C5)CC4)cc3c2C(C)C)ccn1. The molecule has 1 unspecified atom stereocenters. The molecule has 0 bridgehead atoms. The largest absolute Gasteiger partial charge is 0.354 e. The summed E-state index contributed by atoms with van der Waals surface area (Å²) in [6.45, 7) is 11.2. The maximum absolute atomic E-state index is 13.4. The van der Waals surface area contributed by atoms with E-state index in [2.05, 4.69) is 94.3 Å². The lowest BCUT2D eigenvalue weighted by atomic mass is 9.87. The molecule has 1 atom stereocenters. The van der Waals surface area contributed by atoms with Crippen molar-refractivity contribution in [2.45, 2.75) is 58.4 Å². The molecular formula is C34H40N4O. The number of aryl methyl sites for hydroxylation is 1. The number of rotatable bonds is 6. The number of nitrogens with zero attached hydrogens (tertiary/aromatic N) is 3. The van der Waals surface area contributed by atoms with Crippen molar-refractivity contribution in [2.75, 3.05) is 26.2 Å². The molecule has 2 fully saturated rings. The van der Waals surface area contributed by atoms with E-state index in [1.165, 1.54) is 38.9 Å². The topological polar surface area (TPSA) is 52.2 Å². The molecule has 2 aliphatic heterocycles. The van der Waals surface area contributed by atoms with Crippen LogP contribution < -0.4 is 0 Å². The number of hydrogen-bond donors (Lipinski definition) is 1. The quantitative estimate of drug-likeness (QED) is 0.301. The van der Waals surface area contributed by atoms with Crippen LogP contribution in [0.2, 0.25) is 0 Å². The molecule has 2 aromatic heterocycles. The van der Waals surface area contributed by atoms with Crippen LogP contribution in [0.25, 0.3) is 22.2 Å². The first-order valence-corrected chi connectivity index (χ1v) is 14.6. The number of nitrogens with one attached hydrogen (secondary N) is 1. The van der Waals surface area contributed by atoms with Gasteiger partial charge in [-0.25, -0.2) is 0 Å². The van der Waals surface area contributed by atoms with Crippen molar-refractivity contribution in [1.29, 1.82) is 0 Å². The number of carbonyl (C=O) groups is 1. The molecule has 5 heteroatoms. The fourth-order valence-electron chi connectivity index (χ4n) is 6.72. The first-order valence-electron chi connectivity index (χ1n) is 14.6. The van der Waals surface area contributed by atoms with Crippen LogP contribution >= 0.6 is 0 Å². The molecule has 5 nitrogen and oxygen atoms in total. The summed E-state index contributed by atoms with van der Waals surface area (Å²) in [5.74, 6) is 1.41. The number of aromatic amines is 1. The van der Waals surface area contributed by atoms with Gasteiger partial charge in [-0.15, -0.1) is 0 Å². The third-order valence-corrected chi connectivity index (χ3v) is 8.77. The number of aromatic nitrogens is 2. The van der Waals surface area contributed by atoms with Crippen LogP contribution in [-0.4, -0.2) is 51.9 Å². The summed E-state index contributed by atoms with van der Waals surface area (Å²) in [6, 6.07) is 21.8. The van der Waals surface area contributed by atoms with E-state index in [0.717, 1.165) is 57.7 Å². The fourth-order valence-corrected chi connectivity index (χ4v) is 6.72. The van der Waals surface area contributed by atoms with Crippen molar-refractivity contribution in [3.63, 3.8) is 0 Å². The smallest absolute Gasteiger partial charge is 0.227 e. The van der Waals surface area contributed by atoms with Crippen molar-refractivity contribution in [3.8, 4) is 11.3 Å². The molecule has 0 saturated carbocycles. The lowest BCUT2D eigenvalue weighted by Gasteiger charge is -2.34. The number of carbonyl (C=O) groups excluding carboxylic acids is 1. The van der Waals surface area contributed by atoms with E-state index in [1.54, 1.807) is 0 Å². The molecule has 4 aromatic rings. The van der Waals surface area contributed by atoms with Crippen molar-refractivity contribution in [3.05, 3.63) is 89.2 Å². The molecule has 0 spiro atoms. The summed E-state index contributed by atoms with van der Waals surface area (Å²) in [6.07, 6.45) is 4.95. The number of benzene rings is 2. The van der Waals surface area contributed by atoms with Gasteiger partial charge in [-0.05, 0) is 85.5 Å². The second-order valence-corrected chi connectivity index (χ2v) is 11.9. The second kappa shape index (κ2) is 11.0. The normalized spacial score (nSPS) is 18.9. The number of H-pyrrole nitrogens is 1. The Morgan fingerprint density at radius 3 is 2.54 bits per heavy atom. The molecule has 202 valence electrons. The van der Waals surface area contributed by atoms with Gasteiger partial charge in [0.1, 0.15) is 0 Å². The maximum Gasteiger partial charge on any atom is 0.227 e. The van der Waals surface area contributed by atoms with E-state index in [0.29, 0.717) is 17.7 Å². The van der Waals surface area contributed by atoms with Crippen LogP contribution in [0.4, 0.5) is 0 Å². The van der Waals surface area contributed by atoms with Gasteiger partial charge in [0.05, 0.1) is 11.6 Å². The molecule has 2 aromatic carbocycles. The van der Waals surface area contributed by atoms with Gasteiger partial charge in [-0.3, -0.25) is 14.7 Å². The molecule has 0 aliphatic carbocycles. The summed E-state index contributed by atoms with van der Waals surface area (Å²) in [5.41, 5.74) is 8.75. The Morgan fingerprint density at radius 1 is 1.00 bits per heavy atom. The number of fused-ring (bicyclic) bond motifs is 1. The Hall–Kier alpha value is -3.44. The summed E-state index contributed by atoms with van der Waals surface area (Å²) in [5, 5.41) is 1.33. The lowest BCUT2D eigenvalue weighted by molar-refractivity contribution is -0.136. The summed E-state index contributed by atoms with van der Waals surface area (Å²) < 4.78 is 0. The van der Waals surface area contributed by atoms with Gasteiger partial charge >= 0.3 is 0 Å². The van der Waals surface area contributed by atoms with Crippen LogP contribution in [0, 0.1) is 12.8 Å².